The maximum atomic E-state index is 10.5. The monoisotopic (exact) mass is 204 g/mol. The molecule has 0 aromatic heterocycles. The molecule has 5 heteroatoms. The summed E-state index contributed by atoms with van der Waals surface area (Å²) in [4.78, 5) is 14.3. The van der Waals surface area contributed by atoms with Crippen LogP contribution in [0.2, 0.25) is 0 Å². The number of likely N-dealkylation sites (N-methyl/N-ethyl adjacent to an activating group) is 1. The number of carboxylic acids is 1. The van der Waals surface area contributed by atoms with Gasteiger partial charge in [0.25, 0.3) is 0 Å². The summed E-state index contributed by atoms with van der Waals surface area (Å²) in [7, 11) is 1.98. The molecule has 0 heterocycles. The van der Waals surface area contributed by atoms with Crippen molar-refractivity contribution in [3.63, 3.8) is 0 Å². The third-order valence-corrected chi connectivity index (χ3v) is 2.11. The van der Waals surface area contributed by atoms with E-state index >= 15 is 0 Å². The Morgan fingerprint density at radius 1 is 1.29 bits per heavy atom. The van der Waals surface area contributed by atoms with Gasteiger partial charge in [-0.2, -0.15) is 0 Å². The zero-order valence-corrected chi connectivity index (χ0v) is 8.94. The summed E-state index contributed by atoms with van der Waals surface area (Å²) in [6.07, 6.45) is 0. The van der Waals surface area contributed by atoms with Crippen LogP contribution >= 0.6 is 0 Å². The zero-order chi connectivity index (χ0) is 11.0. The molecule has 0 aliphatic carbocycles. The zero-order valence-electron chi connectivity index (χ0n) is 8.94. The fraction of sp³-hybridized carbons (Fsp3) is 0.889. The second-order valence-corrected chi connectivity index (χ2v) is 3.29. The molecular weight excluding hydrogens is 184 g/mol. The summed E-state index contributed by atoms with van der Waals surface area (Å²) in [6.45, 7) is 4.92. The molecule has 0 saturated carbocycles. The molecule has 0 bridgehead atoms. The smallest absolute Gasteiger partial charge is 0.317 e. The first-order valence-electron chi connectivity index (χ1n) is 4.83. The Labute approximate surface area is 84.9 Å². The number of aliphatic carboxylic acids is 1. The normalized spacial score (nSPS) is 11.2. The van der Waals surface area contributed by atoms with E-state index in [0.29, 0.717) is 13.1 Å². The number of aliphatic hydroxyl groups excluding tert-OH is 1. The van der Waals surface area contributed by atoms with Crippen LogP contribution in [0.25, 0.3) is 0 Å². The van der Waals surface area contributed by atoms with Gasteiger partial charge in [-0.15, -0.1) is 0 Å². The van der Waals surface area contributed by atoms with Crippen molar-refractivity contribution in [2.75, 3.05) is 46.4 Å². The highest BCUT2D eigenvalue weighted by Gasteiger charge is 2.09. The van der Waals surface area contributed by atoms with E-state index in [1.165, 1.54) is 0 Å². The van der Waals surface area contributed by atoms with Crippen molar-refractivity contribution >= 4 is 5.97 Å². The molecule has 84 valence electrons. The molecule has 0 atom stereocenters. The van der Waals surface area contributed by atoms with Crippen LogP contribution in [0.15, 0.2) is 0 Å². The van der Waals surface area contributed by atoms with Gasteiger partial charge in [0.15, 0.2) is 0 Å². The second-order valence-electron chi connectivity index (χ2n) is 3.29. The minimum atomic E-state index is -0.849. The molecule has 0 saturated heterocycles. The largest absolute Gasteiger partial charge is 0.480 e. The van der Waals surface area contributed by atoms with Gasteiger partial charge in [0.2, 0.25) is 0 Å². The molecule has 5 nitrogen and oxygen atoms in total. The fourth-order valence-electron chi connectivity index (χ4n) is 1.07. The predicted octanol–water partition coefficient (Wildman–Crippen LogP) is -0.683. The number of aliphatic hydroxyl groups is 1. The van der Waals surface area contributed by atoms with Crippen LogP contribution in [0.1, 0.15) is 6.92 Å². The van der Waals surface area contributed by atoms with Crippen LogP contribution in [0, 0.1) is 0 Å². The molecule has 0 aliphatic rings. The van der Waals surface area contributed by atoms with E-state index < -0.39 is 5.97 Å². The first-order chi connectivity index (χ1) is 6.60. The van der Waals surface area contributed by atoms with Gasteiger partial charge in [-0.3, -0.25) is 9.69 Å². The van der Waals surface area contributed by atoms with Gasteiger partial charge >= 0.3 is 5.97 Å². The number of carbonyl (C=O) groups is 1. The van der Waals surface area contributed by atoms with Gasteiger partial charge in [0, 0.05) is 19.6 Å². The lowest BCUT2D eigenvalue weighted by Gasteiger charge is -2.22. The molecule has 0 rings (SSSR count). The summed E-state index contributed by atoms with van der Waals surface area (Å²) in [6, 6.07) is 0. The maximum absolute atomic E-state index is 10.5. The highest BCUT2D eigenvalue weighted by molar-refractivity contribution is 5.69. The summed E-state index contributed by atoms with van der Waals surface area (Å²) in [5.74, 6) is -0.849. The maximum Gasteiger partial charge on any atom is 0.317 e. The molecule has 14 heavy (non-hydrogen) atoms. The summed E-state index contributed by atoms with van der Waals surface area (Å²) in [5, 5.41) is 17.3. The molecule has 0 radical (unpaired) electrons. The second kappa shape index (κ2) is 7.73. The molecule has 0 unspecified atom stereocenters. The predicted molar refractivity (Wildman–Crippen MR) is 54.3 cm³/mol. The summed E-state index contributed by atoms with van der Waals surface area (Å²) >= 11 is 0. The first kappa shape index (κ1) is 13.4. The minimum absolute atomic E-state index is 0.00187. The number of nitrogens with zero attached hydrogens (tertiary/aromatic N) is 2. The van der Waals surface area contributed by atoms with E-state index in [1.807, 2.05) is 14.0 Å². The van der Waals surface area contributed by atoms with Crippen molar-refractivity contribution in [3.8, 4) is 0 Å². The van der Waals surface area contributed by atoms with Gasteiger partial charge in [0.05, 0.1) is 13.2 Å². The first-order valence-corrected chi connectivity index (χ1v) is 4.83. The number of rotatable bonds is 8. The molecule has 0 aliphatic heterocycles. The van der Waals surface area contributed by atoms with E-state index in [4.69, 9.17) is 10.2 Å². The summed E-state index contributed by atoms with van der Waals surface area (Å²) < 4.78 is 0. The lowest BCUT2D eigenvalue weighted by atomic mass is 10.4. The lowest BCUT2D eigenvalue weighted by Crippen LogP contribution is -2.38. The van der Waals surface area contributed by atoms with Gasteiger partial charge in [-0.1, -0.05) is 6.92 Å². The Hall–Kier alpha value is -0.650. The highest BCUT2D eigenvalue weighted by Crippen LogP contribution is 1.89. The number of hydrogen-bond acceptors (Lipinski definition) is 4. The van der Waals surface area contributed by atoms with Crippen molar-refractivity contribution in [2.24, 2.45) is 0 Å². The van der Waals surface area contributed by atoms with E-state index in [0.717, 1.165) is 13.1 Å². The number of carboxylic acid groups (broad SMARTS) is 1. The van der Waals surface area contributed by atoms with Crippen molar-refractivity contribution in [1.29, 1.82) is 0 Å². The van der Waals surface area contributed by atoms with Gasteiger partial charge in [-0.25, -0.2) is 0 Å². The van der Waals surface area contributed by atoms with Crippen LogP contribution in [0.5, 0.6) is 0 Å². The Balaban J connectivity index is 3.77. The van der Waals surface area contributed by atoms with Crippen LogP contribution in [-0.4, -0.2) is 72.4 Å². The molecule has 0 fully saturated rings. The molecular formula is C9H20N2O3. The van der Waals surface area contributed by atoms with Crippen molar-refractivity contribution < 1.29 is 15.0 Å². The molecule has 0 spiro atoms. The van der Waals surface area contributed by atoms with Crippen molar-refractivity contribution in [3.05, 3.63) is 0 Å². The Kier molecular flexibility index (Phi) is 7.37. The Morgan fingerprint density at radius 2 is 1.93 bits per heavy atom. The van der Waals surface area contributed by atoms with E-state index in [-0.39, 0.29) is 13.2 Å². The fourth-order valence-corrected chi connectivity index (χ4v) is 1.07. The van der Waals surface area contributed by atoms with Gasteiger partial charge in [0.1, 0.15) is 0 Å². The van der Waals surface area contributed by atoms with E-state index in [1.54, 1.807) is 4.90 Å². The molecule has 2 N–H and O–H groups in total. The lowest BCUT2D eigenvalue weighted by molar-refractivity contribution is -0.138. The van der Waals surface area contributed by atoms with Crippen molar-refractivity contribution in [2.45, 2.75) is 6.92 Å². The van der Waals surface area contributed by atoms with Crippen molar-refractivity contribution in [1.82, 2.24) is 9.80 Å². The average molecular weight is 204 g/mol. The van der Waals surface area contributed by atoms with Crippen LogP contribution in [0.4, 0.5) is 0 Å². The number of hydrogen-bond donors (Lipinski definition) is 2. The Bertz CT molecular complexity index is 164. The van der Waals surface area contributed by atoms with Gasteiger partial charge in [-0.05, 0) is 13.6 Å². The highest BCUT2D eigenvalue weighted by atomic mass is 16.4. The average Bonchev–Trinajstić information content (AvgIpc) is 2.13. The van der Waals surface area contributed by atoms with Gasteiger partial charge < -0.3 is 15.1 Å². The Morgan fingerprint density at radius 3 is 2.36 bits per heavy atom. The SMILES string of the molecule is CCN(C)CCN(CCO)CC(=O)O. The van der Waals surface area contributed by atoms with Crippen LogP contribution in [-0.2, 0) is 4.79 Å². The van der Waals surface area contributed by atoms with E-state index in [9.17, 15) is 4.79 Å². The standard InChI is InChI=1S/C9H20N2O3/c1-3-10(2)4-5-11(6-7-12)8-9(13)14/h12H,3-8H2,1-2H3,(H,13,14). The quantitative estimate of drug-likeness (QED) is 0.548. The van der Waals surface area contributed by atoms with Crippen LogP contribution < -0.4 is 0 Å². The molecule has 0 aromatic carbocycles. The third-order valence-electron chi connectivity index (χ3n) is 2.11. The molecule has 0 aromatic rings. The summed E-state index contributed by atoms with van der Waals surface area (Å²) in [5.41, 5.74) is 0. The topological polar surface area (TPSA) is 64.0 Å². The third kappa shape index (κ3) is 6.82. The van der Waals surface area contributed by atoms with Crippen LogP contribution in [0.3, 0.4) is 0 Å². The molecule has 0 amide bonds. The van der Waals surface area contributed by atoms with E-state index in [2.05, 4.69) is 4.90 Å². The minimum Gasteiger partial charge on any atom is -0.480 e.